The summed E-state index contributed by atoms with van der Waals surface area (Å²) in [5.74, 6) is 1.31. The third kappa shape index (κ3) is 3.39. The van der Waals surface area contributed by atoms with Crippen LogP contribution in [0.4, 0.5) is 0 Å². The Kier molecular flexibility index (Phi) is 4.53. The number of pyridine rings is 1. The molecule has 4 aromatic rings. The molecular formula is C19H16N4O2S. The van der Waals surface area contributed by atoms with E-state index in [1.54, 1.807) is 23.0 Å². The van der Waals surface area contributed by atoms with Gasteiger partial charge >= 0.3 is 0 Å². The van der Waals surface area contributed by atoms with Crippen molar-refractivity contribution in [3.05, 3.63) is 82.2 Å². The Balaban J connectivity index is 1.75. The molecule has 3 aromatic heterocycles. The first-order valence-electron chi connectivity index (χ1n) is 8.14. The molecule has 0 saturated heterocycles. The van der Waals surface area contributed by atoms with Gasteiger partial charge in [0.2, 0.25) is 0 Å². The molecule has 0 unspecified atom stereocenters. The lowest BCUT2D eigenvalue weighted by atomic mass is 10.2. The van der Waals surface area contributed by atoms with Crippen LogP contribution in [0, 0.1) is 6.92 Å². The van der Waals surface area contributed by atoms with Crippen molar-refractivity contribution in [2.24, 2.45) is 0 Å². The molecule has 0 atom stereocenters. The minimum Gasteiger partial charge on any atom is -0.360 e. The fraction of sp³-hybridized carbons (Fsp3) is 0.158. The average Bonchev–Trinajstić information content (AvgIpc) is 3.09. The van der Waals surface area contributed by atoms with Crippen molar-refractivity contribution in [1.29, 1.82) is 0 Å². The summed E-state index contributed by atoms with van der Waals surface area (Å²) in [6.45, 7) is 2.30. The molecular weight excluding hydrogens is 348 g/mol. The van der Waals surface area contributed by atoms with E-state index in [9.17, 15) is 4.79 Å². The molecule has 0 radical (unpaired) electrons. The van der Waals surface area contributed by atoms with Crippen molar-refractivity contribution in [3.63, 3.8) is 0 Å². The smallest absolute Gasteiger partial charge is 0.262 e. The Labute approximate surface area is 153 Å². The SMILES string of the molecule is Cc1cc(CSc2nc3ccccc3c(=O)n2Cc2cccnc2)on1. The predicted octanol–water partition coefficient (Wildman–Crippen LogP) is 3.43. The van der Waals surface area contributed by atoms with E-state index in [2.05, 4.69) is 10.1 Å². The van der Waals surface area contributed by atoms with Crippen molar-refractivity contribution in [2.45, 2.75) is 24.4 Å². The molecule has 130 valence electrons. The average molecular weight is 364 g/mol. The Morgan fingerprint density at radius 2 is 2.08 bits per heavy atom. The van der Waals surface area contributed by atoms with Gasteiger partial charge in [0.15, 0.2) is 5.16 Å². The number of hydrogen-bond donors (Lipinski definition) is 0. The van der Waals surface area contributed by atoms with Gasteiger partial charge in [-0.2, -0.15) is 0 Å². The first-order chi connectivity index (χ1) is 12.7. The molecule has 7 heteroatoms. The first-order valence-corrected chi connectivity index (χ1v) is 9.13. The molecule has 0 aliphatic heterocycles. The molecule has 0 spiro atoms. The van der Waals surface area contributed by atoms with E-state index in [1.165, 1.54) is 11.8 Å². The van der Waals surface area contributed by atoms with Crippen molar-refractivity contribution >= 4 is 22.7 Å². The summed E-state index contributed by atoms with van der Waals surface area (Å²) in [7, 11) is 0. The minimum absolute atomic E-state index is 0.0595. The van der Waals surface area contributed by atoms with Gasteiger partial charge in [0.1, 0.15) is 5.76 Å². The van der Waals surface area contributed by atoms with Crippen LogP contribution in [0.2, 0.25) is 0 Å². The first kappa shape index (κ1) is 16.5. The van der Waals surface area contributed by atoms with E-state index in [4.69, 9.17) is 9.51 Å². The van der Waals surface area contributed by atoms with Crippen molar-refractivity contribution in [1.82, 2.24) is 19.7 Å². The second-order valence-corrected chi connectivity index (χ2v) is 6.83. The summed E-state index contributed by atoms with van der Waals surface area (Å²) in [6.07, 6.45) is 3.47. The van der Waals surface area contributed by atoms with Gasteiger partial charge in [-0.05, 0) is 30.7 Å². The van der Waals surface area contributed by atoms with Crippen LogP contribution in [0.3, 0.4) is 0 Å². The summed E-state index contributed by atoms with van der Waals surface area (Å²) in [6, 6.07) is 13.1. The number of para-hydroxylation sites is 1. The monoisotopic (exact) mass is 364 g/mol. The van der Waals surface area contributed by atoms with E-state index in [-0.39, 0.29) is 5.56 Å². The van der Waals surface area contributed by atoms with Crippen LogP contribution in [-0.4, -0.2) is 19.7 Å². The fourth-order valence-corrected chi connectivity index (χ4v) is 3.57. The van der Waals surface area contributed by atoms with Crippen LogP contribution in [0.25, 0.3) is 10.9 Å². The molecule has 0 N–H and O–H groups in total. The summed E-state index contributed by atoms with van der Waals surface area (Å²) in [5, 5.41) is 5.15. The van der Waals surface area contributed by atoms with E-state index in [0.29, 0.717) is 28.4 Å². The molecule has 4 rings (SSSR count). The normalized spacial score (nSPS) is 11.1. The summed E-state index contributed by atoms with van der Waals surface area (Å²) in [4.78, 5) is 21.9. The highest BCUT2D eigenvalue weighted by Crippen LogP contribution is 2.23. The molecule has 0 saturated carbocycles. The fourth-order valence-electron chi connectivity index (χ4n) is 2.69. The Hall–Kier alpha value is -2.93. The highest BCUT2D eigenvalue weighted by atomic mass is 32.2. The van der Waals surface area contributed by atoms with Gasteiger partial charge in [-0.3, -0.25) is 14.3 Å². The third-order valence-corrected chi connectivity index (χ3v) is 4.91. The maximum atomic E-state index is 13.0. The van der Waals surface area contributed by atoms with Gasteiger partial charge in [0.05, 0.1) is 28.9 Å². The van der Waals surface area contributed by atoms with Crippen molar-refractivity contribution < 1.29 is 4.52 Å². The number of nitrogens with zero attached hydrogens (tertiary/aromatic N) is 4. The number of hydrogen-bond acceptors (Lipinski definition) is 6. The number of rotatable bonds is 5. The summed E-state index contributed by atoms with van der Waals surface area (Å²) >= 11 is 1.46. The molecule has 6 nitrogen and oxygen atoms in total. The lowest BCUT2D eigenvalue weighted by molar-refractivity contribution is 0.391. The number of aryl methyl sites for hydroxylation is 1. The standard InChI is InChI=1S/C19H16N4O2S/c1-13-9-15(25-22-13)12-26-19-21-17-7-3-2-6-16(17)18(24)23(19)11-14-5-4-8-20-10-14/h2-10H,11-12H2,1H3. The Bertz CT molecular complexity index is 1110. The molecule has 0 aliphatic carbocycles. The van der Waals surface area contributed by atoms with Crippen LogP contribution in [0.1, 0.15) is 17.0 Å². The van der Waals surface area contributed by atoms with Crippen LogP contribution in [0.15, 0.2) is 69.3 Å². The highest BCUT2D eigenvalue weighted by Gasteiger charge is 2.13. The lowest BCUT2D eigenvalue weighted by Crippen LogP contribution is -2.24. The van der Waals surface area contributed by atoms with Crippen molar-refractivity contribution in [2.75, 3.05) is 0 Å². The maximum Gasteiger partial charge on any atom is 0.262 e. The predicted molar refractivity (Wildman–Crippen MR) is 100 cm³/mol. The summed E-state index contributed by atoms with van der Waals surface area (Å²) < 4.78 is 6.95. The van der Waals surface area contributed by atoms with E-state index < -0.39 is 0 Å². The van der Waals surface area contributed by atoms with Gasteiger partial charge in [-0.1, -0.05) is 35.1 Å². The zero-order valence-corrected chi connectivity index (χ0v) is 14.9. The zero-order chi connectivity index (χ0) is 17.9. The van der Waals surface area contributed by atoms with Gasteiger partial charge < -0.3 is 4.52 Å². The number of aromatic nitrogens is 4. The van der Waals surface area contributed by atoms with Gasteiger partial charge in [-0.15, -0.1) is 0 Å². The minimum atomic E-state index is -0.0595. The largest absolute Gasteiger partial charge is 0.360 e. The van der Waals surface area contributed by atoms with E-state index in [1.807, 2.05) is 43.3 Å². The van der Waals surface area contributed by atoms with E-state index in [0.717, 1.165) is 17.0 Å². The third-order valence-electron chi connectivity index (χ3n) is 3.91. The second-order valence-electron chi connectivity index (χ2n) is 5.89. The van der Waals surface area contributed by atoms with Gasteiger partial charge in [0.25, 0.3) is 5.56 Å². The molecule has 0 fully saturated rings. The molecule has 26 heavy (non-hydrogen) atoms. The number of thioether (sulfide) groups is 1. The Morgan fingerprint density at radius 3 is 2.85 bits per heavy atom. The molecule has 0 amide bonds. The summed E-state index contributed by atoms with van der Waals surface area (Å²) in [5.41, 5.74) is 2.41. The lowest BCUT2D eigenvalue weighted by Gasteiger charge is -2.12. The Morgan fingerprint density at radius 1 is 1.19 bits per heavy atom. The van der Waals surface area contributed by atoms with E-state index >= 15 is 0 Å². The highest BCUT2D eigenvalue weighted by molar-refractivity contribution is 7.98. The van der Waals surface area contributed by atoms with Gasteiger partial charge in [-0.25, -0.2) is 4.98 Å². The zero-order valence-electron chi connectivity index (χ0n) is 14.1. The number of benzene rings is 1. The second kappa shape index (κ2) is 7.13. The quantitative estimate of drug-likeness (QED) is 0.399. The van der Waals surface area contributed by atoms with Crippen molar-refractivity contribution in [3.8, 4) is 0 Å². The van der Waals surface area contributed by atoms with Crippen LogP contribution < -0.4 is 5.56 Å². The topological polar surface area (TPSA) is 73.8 Å². The van der Waals surface area contributed by atoms with Crippen LogP contribution >= 0.6 is 11.8 Å². The molecule has 1 aromatic carbocycles. The molecule has 0 aliphatic rings. The van der Waals surface area contributed by atoms with Crippen LogP contribution in [0.5, 0.6) is 0 Å². The molecule has 3 heterocycles. The molecule has 0 bridgehead atoms. The maximum absolute atomic E-state index is 13.0. The van der Waals surface area contributed by atoms with Gasteiger partial charge in [0, 0.05) is 18.5 Å². The van der Waals surface area contributed by atoms with Crippen LogP contribution in [-0.2, 0) is 12.3 Å². The number of fused-ring (bicyclic) bond motifs is 1.